The van der Waals surface area contributed by atoms with Crippen LogP contribution in [0.4, 0.5) is 10.9 Å². The molecule has 0 fully saturated rings. The van der Waals surface area contributed by atoms with Crippen LogP contribution in [0.15, 0.2) is 42.5 Å². The van der Waals surface area contributed by atoms with Gasteiger partial charge in [0, 0.05) is 21.2 Å². The Morgan fingerprint density at radius 3 is 2.48 bits per heavy atom. The summed E-state index contributed by atoms with van der Waals surface area (Å²) in [6.07, 6.45) is 0. The molecule has 3 aromatic rings. The number of halogens is 1. The van der Waals surface area contributed by atoms with Gasteiger partial charge in [0.15, 0.2) is 5.13 Å². The number of nitrogens with one attached hydrogen (secondary N) is 1. The van der Waals surface area contributed by atoms with E-state index in [0.717, 1.165) is 37.8 Å². The second-order valence-electron chi connectivity index (χ2n) is 4.72. The highest BCUT2D eigenvalue weighted by atomic mass is 35.5. The van der Waals surface area contributed by atoms with E-state index in [4.69, 9.17) is 11.6 Å². The van der Waals surface area contributed by atoms with Gasteiger partial charge in [-0.15, -0.1) is 11.3 Å². The molecular weight excluding hydrogens is 302 g/mol. The van der Waals surface area contributed by atoms with Gasteiger partial charge in [0.1, 0.15) is 5.82 Å². The van der Waals surface area contributed by atoms with E-state index in [1.54, 1.807) is 11.3 Å². The van der Waals surface area contributed by atoms with Crippen LogP contribution in [0, 0.1) is 13.8 Å². The average molecular weight is 316 g/mol. The van der Waals surface area contributed by atoms with Gasteiger partial charge in [0.2, 0.25) is 0 Å². The fourth-order valence-electron chi connectivity index (χ4n) is 2.05. The number of aryl methyl sites for hydroxylation is 2. The molecule has 0 bridgehead atoms. The zero-order valence-electron chi connectivity index (χ0n) is 11.7. The maximum Gasteiger partial charge on any atom is 0.189 e. The number of pyridine rings is 1. The minimum atomic E-state index is 0.731. The summed E-state index contributed by atoms with van der Waals surface area (Å²) in [5.41, 5.74) is 3.02. The van der Waals surface area contributed by atoms with E-state index in [-0.39, 0.29) is 0 Å². The fraction of sp³-hybridized carbons (Fsp3) is 0.125. The Kier molecular flexibility index (Phi) is 3.90. The van der Waals surface area contributed by atoms with Crippen molar-refractivity contribution in [3.63, 3.8) is 0 Å². The first-order chi connectivity index (χ1) is 10.1. The van der Waals surface area contributed by atoms with Crippen LogP contribution in [0.3, 0.4) is 0 Å². The lowest BCUT2D eigenvalue weighted by atomic mass is 10.1. The molecule has 0 saturated carbocycles. The molecule has 3 nitrogen and oxygen atoms in total. The molecular formula is C16H14ClN3S. The van der Waals surface area contributed by atoms with Gasteiger partial charge in [0.25, 0.3) is 0 Å². The molecule has 21 heavy (non-hydrogen) atoms. The summed E-state index contributed by atoms with van der Waals surface area (Å²) in [4.78, 5) is 10.2. The van der Waals surface area contributed by atoms with Crippen molar-refractivity contribution in [2.75, 3.05) is 5.32 Å². The zero-order valence-corrected chi connectivity index (χ0v) is 13.3. The monoisotopic (exact) mass is 315 g/mol. The topological polar surface area (TPSA) is 37.8 Å². The van der Waals surface area contributed by atoms with E-state index in [0.29, 0.717) is 0 Å². The van der Waals surface area contributed by atoms with E-state index < -0.39 is 0 Å². The van der Waals surface area contributed by atoms with Crippen LogP contribution in [-0.4, -0.2) is 9.97 Å². The first kappa shape index (κ1) is 14.0. The molecule has 0 atom stereocenters. The van der Waals surface area contributed by atoms with Crippen LogP contribution in [0.2, 0.25) is 5.02 Å². The lowest BCUT2D eigenvalue weighted by molar-refractivity contribution is 1.19. The van der Waals surface area contributed by atoms with E-state index in [1.165, 1.54) is 0 Å². The van der Waals surface area contributed by atoms with Crippen molar-refractivity contribution >= 4 is 33.9 Å². The Morgan fingerprint density at radius 2 is 1.76 bits per heavy atom. The van der Waals surface area contributed by atoms with Crippen LogP contribution in [-0.2, 0) is 0 Å². The average Bonchev–Trinajstić information content (AvgIpc) is 2.80. The third-order valence-electron chi connectivity index (χ3n) is 3.04. The molecule has 0 saturated heterocycles. The van der Waals surface area contributed by atoms with Crippen molar-refractivity contribution in [3.05, 3.63) is 58.1 Å². The summed E-state index contributed by atoms with van der Waals surface area (Å²) in [7, 11) is 0. The lowest BCUT2D eigenvalue weighted by Crippen LogP contribution is -1.93. The van der Waals surface area contributed by atoms with Crippen molar-refractivity contribution in [1.29, 1.82) is 0 Å². The highest BCUT2D eigenvalue weighted by Gasteiger charge is 2.10. The van der Waals surface area contributed by atoms with E-state index >= 15 is 0 Å². The standard InChI is InChI=1S/C16H14ClN3S/c1-10-4-3-5-14(18-10)19-16-20-15(11(2)21-16)12-6-8-13(17)9-7-12/h3-9H,1-2H3,(H,18,19,20). The number of benzene rings is 1. The molecule has 0 aliphatic carbocycles. The molecule has 0 aliphatic rings. The molecule has 5 heteroatoms. The minimum Gasteiger partial charge on any atom is -0.316 e. The predicted octanol–water partition coefficient (Wildman–Crippen LogP) is 5.22. The predicted molar refractivity (Wildman–Crippen MR) is 89.6 cm³/mol. The van der Waals surface area contributed by atoms with Gasteiger partial charge in [0.05, 0.1) is 5.69 Å². The Hall–Kier alpha value is -1.91. The second-order valence-corrected chi connectivity index (χ2v) is 6.36. The summed E-state index contributed by atoms with van der Waals surface area (Å²) < 4.78 is 0. The van der Waals surface area contributed by atoms with E-state index in [2.05, 4.69) is 22.2 Å². The maximum atomic E-state index is 5.93. The Labute approximate surface area is 132 Å². The van der Waals surface area contributed by atoms with Gasteiger partial charge >= 0.3 is 0 Å². The number of nitrogens with zero attached hydrogens (tertiary/aromatic N) is 2. The maximum absolute atomic E-state index is 5.93. The van der Waals surface area contributed by atoms with Crippen LogP contribution in [0.1, 0.15) is 10.6 Å². The van der Waals surface area contributed by atoms with Gasteiger partial charge in [-0.3, -0.25) is 0 Å². The van der Waals surface area contributed by atoms with Gasteiger partial charge in [-0.05, 0) is 38.1 Å². The van der Waals surface area contributed by atoms with Crippen LogP contribution < -0.4 is 5.32 Å². The smallest absolute Gasteiger partial charge is 0.189 e. The Bertz CT molecular complexity index is 765. The third-order valence-corrected chi connectivity index (χ3v) is 4.18. The molecule has 1 aromatic carbocycles. The largest absolute Gasteiger partial charge is 0.316 e. The Balaban J connectivity index is 1.89. The molecule has 1 N–H and O–H groups in total. The molecule has 0 aliphatic heterocycles. The second kappa shape index (κ2) is 5.84. The first-order valence-corrected chi connectivity index (χ1v) is 7.75. The molecule has 2 heterocycles. The SMILES string of the molecule is Cc1cccc(Nc2nc(-c3ccc(Cl)cc3)c(C)s2)n1. The quantitative estimate of drug-likeness (QED) is 0.720. The highest BCUT2D eigenvalue weighted by molar-refractivity contribution is 7.16. The van der Waals surface area contributed by atoms with E-state index in [1.807, 2.05) is 49.4 Å². The molecule has 2 aromatic heterocycles. The summed E-state index contributed by atoms with van der Waals surface area (Å²) in [5.74, 6) is 0.811. The molecule has 0 radical (unpaired) electrons. The number of hydrogen-bond acceptors (Lipinski definition) is 4. The van der Waals surface area contributed by atoms with Crippen LogP contribution >= 0.6 is 22.9 Å². The minimum absolute atomic E-state index is 0.731. The highest BCUT2D eigenvalue weighted by Crippen LogP contribution is 2.32. The summed E-state index contributed by atoms with van der Waals surface area (Å²) in [5, 5.41) is 4.83. The fourth-order valence-corrected chi connectivity index (χ4v) is 3.02. The van der Waals surface area contributed by atoms with Crippen molar-refractivity contribution in [2.24, 2.45) is 0 Å². The first-order valence-electron chi connectivity index (χ1n) is 6.56. The van der Waals surface area contributed by atoms with E-state index in [9.17, 15) is 0 Å². The summed E-state index contributed by atoms with van der Waals surface area (Å²) >= 11 is 7.55. The van der Waals surface area contributed by atoms with Crippen molar-refractivity contribution < 1.29 is 0 Å². The van der Waals surface area contributed by atoms with Gasteiger partial charge in [-0.2, -0.15) is 0 Å². The number of aromatic nitrogens is 2. The zero-order chi connectivity index (χ0) is 14.8. The number of anilines is 2. The third kappa shape index (κ3) is 3.23. The Morgan fingerprint density at radius 1 is 1.00 bits per heavy atom. The molecule has 3 rings (SSSR count). The summed E-state index contributed by atoms with van der Waals surface area (Å²) in [6, 6.07) is 13.6. The molecule has 0 amide bonds. The molecule has 0 unspecified atom stereocenters. The molecule has 0 spiro atoms. The normalized spacial score (nSPS) is 10.6. The van der Waals surface area contributed by atoms with Crippen molar-refractivity contribution in [3.8, 4) is 11.3 Å². The van der Waals surface area contributed by atoms with Crippen molar-refractivity contribution in [2.45, 2.75) is 13.8 Å². The van der Waals surface area contributed by atoms with Crippen LogP contribution in [0.25, 0.3) is 11.3 Å². The van der Waals surface area contributed by atoms with Crippen LogP contribution in [0.5, 0.6) is 0 Å². The van der Waals surface area contributed by atoms with Crippen molar-refractivity contribution in [1.82, 2.24) is 9.97 Å². The van der Waals surface area contributed by atoms with Gasteiger partial charge < -0.3 is 5.32 Å². The van der Waals surface area contributed by atoms with Gasteiger partial charge in [-0.25, -0.2) is 9.97 Å². The summed E-state index contributed by atoms with van der Waals surface area (Å²) in [6.45, 7) is 4.04. The number of rotatable bonds is 3. The molecule has 106 valence electrons. The number of thiazole rings is 1. The lowest BCUT2D eigenvalue weighted by Gasteiger charge is -2.02. The van der Waals surface area contributed by atoms with Gasteiger partial charge in [-0.1, -0.05) is 29.8 Å². The number of hydrogen-bond donors (Lipinski definition) is 1.